The smallest absolute Gasteiger partial charge is 0.0746 e. The lowest BCUT2D eigenvalue weighted by molar-refractivity contribution is 0.0335. The second-order valence-corrected chi connectivity index (χ2v) is 4.77. The van der Waals surface area contributed by atoms with Crippen LogP contribution >= 0.6 is 0 Å². The molecule has 2 atom stereocenters. The van der Waals surface area contributed by atoms with Crippen LogP contribution in [0.2, 0.25) is 0 Å². The third kappa shape index (κ3) is 7.30. The zero-order valence-electron chi connectivity index (χ0n) is 10.1. The van der Waals surface area contributed by atoms with Crippen LogP contribution in [0.4, 0.5) is 0 Å². The van der Waals surface area contributed by atoms with Gasteiger partial charge in [0.1, 0.15) is 0 Å². The highest BCUT2D eigenvalue weighted by Crippen LogP contribution is 2.14. The summed E-state index contributed by atoms with van der Waals surface area (Å²) in [5, 5.41) is 13.2. The van der Waals surface area contributed by atoms with Crippen molar-refractivity contribution in [3.63, 3.8) is 0 Å². The monoisotopic (exact) mass is 203 g/mol. The molecule has 2 N–H and O–H groups in total. The zero-order chi connectivity index (χ0) is 11.2. The number of hydrogen-bond donors (Lipinski definition) is 2. The second kappa shape index (κ2) is 6.38. The predicted octanol–water partition coefficient (Wildman–Crippen LogP) is 1.41. The van der Waals surface area contributed by atoms with E-state index in [1.165, 1.54) is 0 Å². The summed E-state index contributed by atoms with van der Waals surface area (Å²) in [7, 11) is 1.69. The standard InChI is InChI=1S/C11H25NO2/c1-9(2)6-11(4,13)8-12-7-10(3)14-5/h9-10,12-13H,6-8H2,1-5H3. The largest absolute Gasteiger partial charge is 0.389 e. The molecule has 14 heavy (non-hydrogen) atoms. The van der Waals surface area contributed by atoms with Gasteiger partial charge in [0.2, 0.25) is 0 Å². The van der Waals surface area contributed by atoms with Crippen molar-refractivity contribution in [2.75, 3.05) is 20.2 Å². The molecule has 0 rings (SSSR count). The first-order valence-electron chi connectivity index (χ1n) is 5.33. The van der Waals surface area contributed by atoms with E-state index >= 15 is 0 Å². The number of rotatable bonds is 7. The minimum absolute atomic E-state index is 0.199. The molecule has 0 radical (unpaired) electrons. The minimum Gasteiger partial charge on any atom is -0.389 e. The SMILES string of the molecule is COC(C)CNCC(C)(O)CC(C)C. The molecule has 0 amide bonds. The van der Waals surface area contributed by atoms with Crippen LogP contribution in [0.1, 0.15) is 34.1 Å². The van der Waals surface area contributed by atoms with Crippen LogP contribution in [-0.4, -0.2) is 37.0 Å². The Morgan fingerprint density at radius 3 is 2.36 bits per heavy atom. The van der Waals surface area contributed by atoms with E-state index in [2.05, 4.69) is 19.2 Å². The van der Waals surface area contributed by atoms with Crippen molar-refractivity contribution in [1.82, 2.24) is 5.32 Å². The predicted molar refractivity (Wildman–Crippen MR) is 59.4 cm³/mol. The maximum Gasteiger partial charge on any atom is 0.0746 e. The van der Waals surface area contributed by atoms with Gasteiger partial charge < -0.3 is 15.2 Å². The highest BCUT2D eigenvalue weighted by molar-refractivity contribution is 4.77. The van der Waals surface area contributed by atoms with Gasteiger partial charge in [0.15, 0.2) is 0 Å². The Bertz CT molecular complexity index is 146. The van der Waals surface area contributed by atoms with Gasteiger partial charge >= 0.3 is 0 Å². The number of hydrogen-bond acceptors (Lipinski definition) is 3. The molecule has 0 fully saturated rings. The van der Waals surface area contributed by atoms with Crippen molar-refractivity contribution < 1.29 is 9.84 Å². The van der Waals surface area contributed by atoms with Crippen molar-refractivity contribution >= 4 is 0 Å². The highest BCUT2D eigenvalue weighted by Gasteiger charge is 2.21. The highest BCUT2D eigenvalue weighted by atomic mass is 16.5. The van der Waals surface area contributed by atoms with Gasteiger partial charge in [0.05, 0.1) is 11.7 Å². The van der Waals surface area contributed by atoms with Gasteiger partial charge in [-0.25, -0.2) is 0 Å². The molecule has 0 saturated heterocycles. The van der Waals surface area contributed by atoms with Crippen molar-refractivity contribution in [3.05, 3.63) is 0 Å². The summed E-state index contributed by atoms with van der Waals surface area (Å²) in [6.07, 6.45) is 1.02. The van der Waals surface area contributed by atoms with Crippen molar-refractivity contribution in [2.24, 2.45) is 5.92 Å². The van der Waals surface area contributed by atoms with E-state index < -0.39 is 5.60 Å². The fourth-order valence-electron chi connectivity index (χ4n) is 1.58. The third-order valence-corrected chi connectivity index (χ3v) is 2.19. The van der Waals surface area contributed by atoms with Gasteiger partial charge in [0.25, 0.3) is 0 Å². The summed E-state index contributed by atoms with van der Waals surface area (Å²) < 4.78 is 5.10. The molecule has 0 bridgehead atoms. The summed E-state index contributed by atoms with van der Waals surface area (Å²) in [6, 6.07) is 0. The first-order valence-corrected chi connectivity index (χ1v) is 5.33. The Kier molecular flexibility index (Phi) is 6.33. The molecule has 0 aromatic heterocycles. The number of ether oxygens (including phenoxy) is 1. The number of nitrogens with one attached hydrogen (secondary N) is 1. The van der Waals surface area contributed by atoms with Gasteiger partial charge in [-0.1, -0.05) is 13.8 Å². The molecule has 0 aromatic rings. The molecule has 0 aliphatic heterocycles. The second-order valence-electron chi connectivity index (χ2n) is 4.77. The van der Waals surface area contributed by atoms with Crippen LogP contribution in [-0.2, 0) is 4.74 Å². The molecule has 0 aliphatic carbocycles. The summed E-state index contributed by atoms with van der Waals surface area (Å²) in [6.45, 7) is 9.52. The van der Waals surface area contributed by atoms with E-state index in [1.54, 1.807) is 7.11 Å². The average Bonchev–Trinajstić information content (AvgIpc) is 2.01. The van der Waals surface area contributed by atoms with Crippen LogP contribution in [0.3, 0.4) is 0 Å². The van der Waals surface area contributed by atoms with Gasteiger partial charge in [-0.3, -0.25) is 0 Å². The van der Waals surface area contributed by atoms with Gasteiger partial charge in [-0.2, -0.15) is 0 Å². The summed E-state index contributed by atoms with van der Waals surface area (Å²) >= 11 is 0. The Morgan fingerprint density at radius 2 is 1.93 bits per heavy atom. The number of aliphatic hydroxyl groups is 1. The quantitative estimate of drug-likeness (QED) is 0.657. The van der Waals surface area contributed by atoms with E-state index in [0.29, 0.717) is 12.5 Å². The Labute approximate surface area is 87.8 Å². The summed E-state index contributed by atoms with van der Waals surface area (Å²) in [5.41, 5.74) is -0.609. The fraction of sp³-hybridized carbons (Fsp3) is 1.00. The lowest BCUT2D eigenvalue weighted by Gasteiger charge is -2.26. The Hall–Kier alpha value is -0.120. The maximum atomic E-state index is 9.97. The molecular weight excluding hydrogens is 178 g/mol. The van der Waals surface area contributed by atoms with Gasteiger partial charge in [0, 0.05) is 20.2 Å². The molecule has 0 heterocycles. The van der Waals surface area contributed by atoms with E-state index in [1.807, 2.05) is 13.8 Å². The molecular formula is C11H25NO2. The molecule has 0 saturated carbocycles. The van der Waals surface area contributed by atoms with E-state index in [0.717, 1.165) is 13.0 Å². The molecule has 0 aromatic carbocycles. The molecule has 0 aliphatic rings. The van der Waals surface area contributed by atoms with Crippen molar-refractivity contribution in [2.45, 2.75) is 45.8 Å². The normalized spacial score (nSPS) is 18.2. The lowest BCUT2D eigenvalue weighted by atomic mass is 9.94. The molecule has 86 valence electrons. The first-order chi connectivity index (χ1) is 6.37. The Balaban J connectivity index is 3.65. The number of methoxy groups -OCH3 is 1. The molecule has 0 spiro atoms. The Morgan fingerprint density at radius 1 is 1.36 bits per heavy atom. The van der Waals surface area contributed by atoms with Crippen LogP contribution in [0.15, 0.2) is 0 Å². The van der Waals surface area contributed by atoms with Crippen LogP contribution in [0.5, 0.6) is 0 Å². The lowest BCUT2D eigenvalue weighted by Crippen LogP contribution is -2.41. The molecule has 3 heteroatoms. The molecule has 3 nitrogen and oxygen atoms in total. The fourth-order valence-corrected chi connectivity index (χ4v) is 1.58. The van der Waals surface area contributed by atoms with Crippen LogP contribution in [0, 0.1) is 5.92 Å². The van der Waals surface area contributed by atoms with Gasteiger partial charge in [-0.15, -0.1) is 0 Å². The van der Waals surface area contributed by atoms with Crippen LogP contribution < -0.4 is 5.32 Å². The van der Waals surface area contributed by atoms with Gasteiger partial charge in [-0.05, 0) is 26.2 Å². The maximum absolute atomic E-state index is 9.97. The average molecular weight is 203 g/mol. The summed E-state index contributed by atoms with van der Waals surface area (Å²) in [5.74, 6) is 0.520. The van der Waals surface area contributed by atoms with E-state index in [4.69, 9.17) is 4.74 Å². The van der Waals surface area contributed by atoms with E-state index in [9.17, 15) is 5.11 Å². The third-order valence-electron chi connectivity index (χ3n) is 2.19. The molecule has 2 unspecified atom stereocenters. The topological polar surface area (TPSA) is 41.5 Å². The van der Waals surface area contributed by atoms with Crippen LogP contribution in [0.25, 0.3) is 0 Å². The first kappa shape index (κ1) is 13.9. The zero-order valence-corrected chi connectivity index (χ0v) is 10.1. The summed E-state index contributed by atoms with van der Waals surface area (Å²) in [4.78, 5) is 0. The van der Waals surface area contributed by atoms with Crippen molar-refractivity contribution in [3.8, 4) is 0 Å². The van der Waals surface area contributed by atoms with Crippen molar-refractivity contribution in [1.29, 1.82) is 0 Å². The van der Waals surface area contributed by atoms with E-state index in [-0.39, 0.29) is 6.10 Å². The minimum atomic E-state index is -0.609.